The number of rotatable bonds is 7. The first-order chi connectivity index (χ1) is 10.2. The summed E-state index contributed by atoms with van der Waals surface area (Å²) in [4.78, 5) is 27.3. The molecule has 1 aliphatic rings. The zero-order chi connectivity index (χ0) is 14.9. The predicted molar refractivity (Wildman–Crippen MR) is 93.8 cm³/mol. The van der Waals surface area contributed by atoms with Gasteiger partial charge in [-0.2, -0.15) is 0 Å². The predicted octanol–water partition coefficient (Wildman–Crippen LogP) is 1.19. The average molecular weight is 363 g/mol. The van der Waals surface area contributed by atoms with E-state index in [0.29, 0.717) is 32.0 Å². The lowest BCUT2D eigenvalue weighted by Gasteiger charge is -2.10. The smallest absolute Gasteiger partial charge is 0.222 e. The number of carbonyl (C=O) groups excluding carboxylic acids is 2. The lowest BCUT2D eigenvalue weighted by atomic mass is 10.1. The van der Waals surface area contributed by atoms with Crippen LogP contribution in [-0.4, -0.2) is 35.9 Å². The van der Waals surface area contributed by atoms with Crippen LogP contribution in [0.2, 0.25) is 0 Å². The zero-order valence-corrected chi connectivity index (χ0v) is 14.5. The molecule has 1 aromatic heterocycles. The van der Waals surface area contributed by atoms with Gasteiger partial charge in [0.15, 0.2) is 0 Å². The van der Waals surface area contributed by atoms with Crippen LogP contribution in [0.5, 0.6) is 0 Å². The summed E-state index contributed by atoms with van der Waals surface area (Å²) in [6.07, 6.45) is 6.39. The third-order valence-electron chi connectivity index (χ3n) is 3.48. The van der Waals surface area contributed by atoms with E-state index in [1.165, 1.54) is 0 Å². The summed E-state index contributed by atoms with van der Waals surface area (Å²) >= 11 is 0. The van der Waals surface area contributed by atoms with Gasteiger partial charge in [-0.3, -0.25) is 14.6 Å². The van der Waals surface area contributed by atoms with Gasteiger partial charge >= 0.3 is 0 Å². The molecule has 0 spiro atoms. The zero-order valence-electron chi connectivity index (χ0n) is 12.9. The molecule has 0 aliphatic carbocycles. The van der Waals surface area contributed by atoms with Crippen LogP contribution in [0.15, 0.2) is 24.5 Å². The average Bonchev–Trinajstić information content (AvgIpc) is 2.99. The Labute approximate surface area is 149 Å². The van der Waals surface area contributed by atoms with E-state index in [1.54, 1.807) is 12.4 Å². The molecular formula is C15H24Cl2N4O2. The molecule has 0 bridgehead atoms. The van der Waals surface area contributed by atoms with E-state index in [4.69, 9.17) is 0 Å². The van der Waals surface area contributed by atoms with E-state index >= 15 is 0 Å². The van der Waals surface area contributed by atoms with Gasteiger partial charge in [0.2, 0.25) is 11.8 Å². The summed E-state index contributed by atoms with van der Waals surface area (Å²) in [5.41, 5.74) is 0.960. The molecule has 2 amide bonds. The number of carbonyl (C=O) groups is 2. The Morgan fingerprint density at radius 1 is 1.26 bits per heavy atom. The highest BCUT2D eigenvalue weighted by molar-refractivity contribution is 5.85. The highest BCUT2D eigenvalue weighted by Gasteiger charge is 2.17. The van der Waals surface area contributed by atoms with Crippen LogP contribution in [-0.2, 0) is 16.1 Å². The fourth-order valence-corrected chi connectivity index (χ4v) is 2.33. The molecule has 2 rings (SSSR count). The van der Waals surface area contributed by atoms with Gasteiger partial charge in [-0.15, -0.1) is 24.8 Å². The number of hydrogen-bond acceptors (Lipinski definition) is 4. The number of hydrogen-bond donors (Lipinski definition) is 3. The molecule has 1 aliphatic heterocycles. The molecule has 2 heterocycles. The highest BCUT2D eigenvalue weighted by atomic mass is 35.5. The van der Waals surface area contributed by atoms with Gasteiger partial charge in [-0.1, -0.05) is 6.07 Å². The molecule has 0 radical (unpaired) electrons. The van der Waals surface area contributed by atoms with E-state index in [0.717, 1.165) is 24.9 Å². The molecule has 0 saturated carbocycles. The molecule has 6 nitrogen and oxygen atoms in total. The third-order valence-corrected chi connectivity index (χ3v) is 3.48. The van der Waals surface area contributed by atoms with Crippen molar-refractivity contribution in [2.45, 2.75) is 38.3 Å². The molecule has 23 heavy (non-hydrogen) atoms. The third kappa shape index (κ3) is 8.74. The Morgan fingerprint density at radius 2 is 2.09 bits per heavy atom. The maximum atomic E-state index is 11.7. The van der Waals surface area contributed by atoms with Crippen molar-refractivity contribution >= 4 is 36.6 Å². The van der Waals surface area contributed by atoms with Crippen molar-refractivity contribution in [2.75, 3.05) is 13.1 Å². The van der Waals surface area contributed by atoms with Crippen LogP contribution in [0.1, 0.15) is 31.2 Å². The highest BCUT2D eigenvalue weighted by Crippen LogP contribution is 2.08. The Kier molecular flexibility index (Phi) is 11.4. The fourth-order valence-electron chi connectivity index (χ4n) is 2.33. The minimum Gasteiger partial charge on any atom is -0.356 e. The molecule has 1 atom stereocenters. The van der Waals surface area contributed by atoms with Crippen molar-refractivity contribution in [1.82, 2.24) is 20.9 Å². The standard InChI is InChI=1S/C15H22N4O2.2ClH/c20-14(19-11-12-3-1-6-16-10-12)5-8-18-15(21)9-13-4-2-7-17-13;;/h1,3,6,10,13,17H,2,4-5,7-9,11H2,(H,18,21)(H,19,20);2*1H. The molecule has 1 saturated heterocycles. The summed E-state index contributed by atoms with van der Waals surface area (Å²) in [6, 6.07) is 4.03. The van der Waals surface area contributed by atoms with Crippen molar-refractivity contribution in [1.29, 1.82) is 0 Å². The van der Waals surface area contributed by atoms with Gasteiger partial charge in [0.1, 0.15) is 0 Å². The van der Waals surface area contributed by atoms with Gasteiger partial charge in [-0.05, 0) is 31.0 Å². The van der Waals surface area contributed by atoms with Gasteiger partial charge in [0.25, 0.3) is 0 Å². The largest absolute Gasteiger partial charge is 0.356 e. The topological polar surface area (TPSA) is 83.1 Å². The van der Waals surface area contributed by atoms with Crippen molar-refractivity contribution in [2.24, 2.45) is 0 Å². The molecule has 1 aromatic rings. The van der Waals surface area contributed by atoms with E-state index in [9.17, 15) is 9.59 Å². The van der Waals surface area contributed by atoms with Crippen LogP contribution in [0, 0.1) is 0 Å². The summed E-state index contributed by atoms with van der Waals surface area (Å²) in [5, 5.41) is 8.87. The van der Waals surface area contributed by atoms with Gasteiger partial charge in [0, 0.05) is 44.4 Å². The number of nitrogens with zero attached hydrogens (tertiary/aromatic N) is 1. The second-order valence-corrected chi connectivity index (χ2v) is 5.24. The molecule has 0 aromatic carbocycles. The summed E-state index contributed by atoms with van der Waals surface area (Å²) < 4.78 is 0. The number of amides is 2. The van der Waals surface area contributed by atoms with Crippen molar-refractivity contribution in [3.8, 4) is 0 Å². The van der Waals surface area contributed by atoms with Crippen LogP contribution in [0.25, 0.3) is 0 Å². The molecule has 1 unspecified atom stereocenters. The lowest BCUT2D eigenvalue weighted by molar-refractivity contribution is -0.122. The monoisotopic (exact) mass is 362 g/mol. The molecule has 3 N–H and O–H groups in total. The van der Waals surface area contributed by atoms with E-state index in [1.807, 2.05) is 12.1 Å². The van der Waals surface area contributed by atoms with Crippen molar-refractivity contribution in [3.05, 3.63) is 30.1 Å². The maximum Gasteiger partial charge on any atom is 0.222 e. The second kappa shape index (κ2) is 12.1. The Balaban J connectivity index is 0.00000242. The Bertz CT molecular complexity index is 468. The van der Waals surface area contributed by atoms with E-state index in [-0.39, 0.29) is 36.6 Å². The van der Waals surface area contributed by atoms with Crippen LogP contribution < -0.4 is 16.0 Å². The first-order valence-electron chi connectivity index (χ1n) is 7.40. The first-order valence-corrected chi connectivity index (χ1v) is 7.40. The van der Waals surface area contributed by atoms with Crippen molar-refractivity contribution in [3.63, 3.8) is 0 Å². The molecule has 130 valence electrons. The SMILES string of the molecule is Cl.Cl.O=C(CCNC(=O)CC1CCCN1)NCc1cccnc1. The molecule has 8 heteroatoms. The minimum absolute atomic E-state index is 0. The number of pyridine rings is 1. The van der Waals surface area contributed by atoms with Gasteiger partial charge in [0.05, 0.1) is 0 Å². The molecule has 1 fully saturated rings. The number of aromatic nitrogens is 1. The Hall–Kier alpha value is -1.37. The summed E-state index contributed by atoms with van der Waals surface area (Å²) in [7, 11) is 0. The quantitative estimate of drug-likeness (QED) is 0.680. The van der Waals surface area contributed by atoms with E-state index in [2.05, 4.69) is 20.9 Å². The van der Waals surface area contributed by atoms with Crippen LogP contribution >= 0.6 is 24.8 Å². The van der Waals surface area contributed by atoms with E-state index < -0.39 is 0 Å². The van der Waals surface area contributed by atoms with Crippen LogP contribution in [0.3, 0.4) is 0 Å². The van der Waals surface area contributed by atoms with Gasteiger partial charge < -0.3 is 16.0 Å². The second-order valence-electron chi connectivity index (χ2n) is 5.24. The lowest BCUT2D eigenvalue weighted by Crippen LogP contribution is -2.34. The Morgan fingerprint density at radius 3 is 2.74 bits per heavy atom. The molecular weight excluding hydrogens is 339 g/mol. The normalized spacial score (nSPS) is 15.9. The fraction of sp³-hybridized carbons (Fsp3) is 0.533. The van der Waals surface area contributed by atoms with Crippen molar-refractivity contribution < 1.29 is 9.59 Å². The van der Waals surface area contributed by atoms with Crippen LogP contribution in [0.4, 0.5) is 0 Å². The maximum absolute atomic E-state index is 11.7. The van der Waals surface area contributed by atoms with Gasteiger partial charge in [-0.25, -0.2) is 0 Å². The summed E-state index contributed by atoms with van der Waals surface area (Å²) in [5.74, 6) is -0.0624. The minimum atomic E-state index is -0.0712. The number of halogens is 2. The first kappa shape index (κ1) is 21.6. The number of nitrogens with one attached hydrogen (secondary N) is 3. The summed E-state index contributed by atoms with van der Waals surface area (Å²) in [6.45, 7) is 1.84.